The molecule has 1 heterocycles. The summed E-state index contributed by atoms with van der Waals surface area (Å²) in [6.45, 7) is 3.81. The Kier molecular flexibility index (Phi) is 5.53. The monoisotopic (exact) mass is 380 g/mol. The van der Waals surface area contributed by atoms with Gasteiger partial charge in [-0.3, -0.25) is 0 Å². The molecule has 5 heteroatoms. The van der Waals surface area contributed by atoms with Crippen LogP contribution in [0, 0.1) is 11.6 Å². The molecule has 0 aliphatic carbocycles. The number of halogens is 2. The van der Waals surface area contributed by atoms with Crippen LogP contribution in [0.25, 0.3) is 0 Å². The molecule has 1 saturated heterocycles. The Bertz CT molecular complexity index is 861. The fourth-order valence-electron chi connectivity index (χ4n) is 3.42. The molecule has 1 aliphatic heterocycles. The molecule has 1 N–H and O–H groups in total. The zero-order chi connectivity index (χ0) is 19.3. The summed E-state index contributed by atoms with van der Waals surface area (Å²) in [5.41, 5.74) is 2.72. The molecule has 3 aromatic rings. The van der Waals surface area contributed by atoms with E-state index in [9.17, 15) is 8.78 Å². The molecule has 28 heavy (non-hydrogen) atoms. The minimum atomic E-state index is -0.459. The lowest BCUT2D eigenvalue weighted by atomic mass is 10.0. The molecule has 3 aromatic carbocycles. The third-order valence-electron chi connectivity index (χ3n) is 4.90. The van der Waals surface area contributed by atoms with Crippen LogP contribution in [0.2, 0.25) is 0 Å². The quantitative estimate of drug-likeness (QED) is 0.703. The minimum absolute atomic E-state index is 0.303. The molecule has 0 radical (unpaired) electrons. The van der Waals surface area contributed by atoms with Crippen molar-refractivity contribution in [3.63, 3.8) is 0 Å². The number of nitrogens with one attached hydrogen (secondary N) is 1. The van der Waals surface area contributed by atoms with Crippen molar-refractivity contribution in [1.29, 1.82) is 0 Å². The van der Waals surface area contributed by atoms with Crippen LogP contribution in [0.3, 0.4) is 0 Å². The highest BCUT2D eigenvalue weighted by atomic mass is 19.1. The number of rotatable bonds is 5. The normalized spacial score (nSPS) is 14.3. The zero-order valence-electron chi connectivity index (χ0n) is 15.4. The molecule has 1 fully saturated rings. The van der Waals surface area contributed by atoms with E-state index in [1.807, 2.05) is 18.2 Å². The second-order valence-electron chi connectivity index (χ2n) is 6.84. The van der Waals surface area contributed by atoms with Crippen LogP contribution in [0.15, 0.2) is 72.8 Å². The first-order valence-electron chi connectivity index (χ1n) is 9.42. The van der Waals surface area contributed by atoms with Crippen molar-refractivity contribution in [3.8, 4) is 5.75 Å². The Labute approximate surface area is 163 Å². The maximum atomic E-state index is 13.4. The van der Waals surface area contributed by atoms with Gasteiger partial charge in [-0.1, -0.05) is 30.3 Å². The van der Waals surface area contributed by atoms with E-state index in [4.69, 9.17) is 4.74 Å². The summed E-state index contributed by atoms with van der Waals surface area (Å²) in [4.78, 5) is 2.31. The van der Waals surface area contributed by atoms with Crippen molar-refractivity contribution in [1.82, 2.24) is 5.32 Å². The number of piperazine rings is 1. The fraction of sp³-hybridized carbons (Fsp3) is 0.217. The van der Waals surface area contributed by atoms with Crippen molar-refractivity contribution in [2.75, 3.05) is 31.1 Å². The molecule has 0 atom stereocenters. The summed E-state index contributed by atoms with van der Waals surface area (Å²) < 4.78 is 33.1. The van der Waals surface area contributed by atoms with Crippen LogP contribution in [-0.2, 0) is 0 Å². The van der Waals surface area contributed by atoms with Gasteiger partial charge in [0, 0.05) is 37.9 Å². The van der Waals surface area contributed by atoms with Crippen LogP contribution in [0.4, 0.5) is 14.5 Å². The Morgan fingerprint density at radius 2 is 1.36 bits per heavy atom. The summed E-state index contributed by atoms with van der Waals surface area (Å²) in [7, 11) is 0. The molecule has 1 aliphatic rings. The first kappa shape index (κ1) is 18.4. The van der Waals surface area contributed by atoms with Gasteiger partial charge in [-0.05, 0) is 47.5 Å². The molecule has 0 amide bonds. The fourth-order valence-corrected chi connectivity index (χ4v) is 3.42. The topological polar surface area (TPSA) is 24.5 Å². The van der Waals surface area contributed by atoms with E-state index in [-0.39, 0.29) is 11.6 Å². The van der Waals surface area contributed by atoms with E-state index in [1.54, 1.807) is 24.3 Å². The lowest BCUT2D eigenvalue weighted by Crippen LogP contribution is -2.43. The highest BCUT2D eigenvalue weighted by Crippen LogP contribution is 2.31. The van der Waals surface area contributed by atoms with Crippen LogP contribution in [-0.4, -0.2) is 26.2 Å². The second kappa shape index (κ2) is 8.40. The number of hydrogen-bond acceptors (Lipinski definition) is 3. The molecule has 0 unspecified atom stereocenters. The third kappa shape index (κ3) is 4.31. The molecule has 4 rings (SSSR count). The van der Waals surface area contributed by atoms with Crippen molar-refractivity contribution in [2.45, 2.75) is 6.10 Å². The number of nitrogens with zero attached hydrogens (tertiary/aromatic N) is 1. The van der Waals surface area contributed by atoms with Crippen LogP contribution < -0.4 is 15.0 Å². The van der Waals surface area contributed by atoms with Gasteiger partial charge in [0.1, 0.15) is 23.5 Å². The predicted molar refractivity (Wildman–Crippen MR) is 107 cm³/mol. The molecular weight excluding hydrogens is 358 g/mol. The summed E-state index contributed by atoms with van der Waals surface area (Å²) in [5, 5.41) is 3.35. The Hall–Kier alpha value is -2.92. The van der Waals surface area contributed by atoms with Crippen molar-refractivity contribution >= 4 is 5.69 Å². The first-order valence-corrected chi connectivity index (χ1v) is 9.42. The van der Waals surface area contributed by atoms with E-state index >= 15 is 0 Å². The van der Waals surface area contributed by atoms with Gasteiger partial charge in [-0.25, -0.2) is 8.78 Å². The summed E-state index contributed by atoms with van der Waals surface area (Å²) in [6, 6.07) is 20.4. The van der Waals surface area contributed by atoms with Gasteiger partial charge < -0.3 is 15.0 Å². The van der Waals surface area contributed by atoms with E-state index in [0.717, 1.165) is 48.7 Å². The largest absolute Gasteiger partial charge is 0.481 e. The van der Waals surface area contributed by atoms with Gasteiger partial charge in [-0.15, -0.1) is 0 Å². The van der Waals surface area contributed by atoms with Gasteiger partial charge in [0.2, 0.25) is 0 Å². The maximum Gasteiger partial charge on any atom is 0.149 e. The summed E-state index contributed by atoms with van der Waals surface area (Å²) >= 11 is 0. The average molecular weight is 380 g/mol. The average Bonchev–Trinajstić information content (AvgIpc) is 2.74. The van der Waals surface area contributed by atoms with Crippen molar-refractivity contribution in [3.05, 3.63) is 95.6 Å². The van der Waals surface area contributed by atoms with Gasteiger partial charge in [-0.2, -0.15) is 0 Å². The number of benzene rings is 3. The maximum absolute atomic E-state index is 13.4. The van der Waals surface area contributed by atoms with Crippen LogP contribution in [0.5, 0.6) is 5.75 Å². The highest BCUT2D eigenvalue weighted by molar-refractivity contribution is 5.51. The minimum Gasteiger partial charge on any atom is -0.481 e. The molecule has 3 nitrogen and oxygen atoms in total. The van der Waals surface area contributed by atoms with E-state index in [1.165, 1.54) is 24.3 Å². The van der Waals surface area contributed by atoms with Gasteiger partial charge in [0.15, 0.2) is 0 Å². The van der Waals surface area contributed by atoms with E-state index in [2.05, 4.69) is 16.3 Å². The number of anilines is 1. The van der Waals surface area contributed by atoms with Crippen LogP contribution in [0.1, 0.15) is 17.2 Å². The SMILES string of the molecule is Fc1ccc(C(Oc2cccc(N3CCNCC3)c2)c2ccc(F)cc2)cc1. The van der Waals surface area contributed by atoms with Crippen molar-refractivity contribution < 1.29 is 13.5 Å². The molecule has 0 bridgehead atoms. The first-order chi connectivity index (χ1) is 13.7. The molecule has 0 aromatic heterocycles. The molecule has 144 valence electrons. The van der Waals surface area contributed by atoms with Gasteiger partial charge >= 0.3 is 0 Å². The molecule has 0 saturated carbocycles. The number of hydrogen-bond donors (Lipinski definition) is 1. The molecule has 0 spiro atoms. The Morgan fingerprint density at radius 3 is 1.93 bits per heavy atom. The van der Waals surface area contributed by atoms with Gasteiger partial charge in [0.25, 0.3) is 0 Å². The zero-order valence-corrected chi connectivity index (χ0v) is 15.4. The van der Waals surface area contributed by atoms with Crippen LogP contribution >= 0.6 is 0 Å². The predicted octanol–water partition coefficient (Wildman–Crippen LogP) is 4.54. The lowest BCUT2D eigenvalue weighted by Gasteiger charge is -2.30. The Morgan fingerprint density at radius 1 is 0.786 bits per heavy atom. The van der Waals surface area contributed by atoms with E-state index < -0.39 is 6.10 Å². The highest BCUT2D eigenvalue weighted by Gasteiger charge is 2.18. The second-order valence-corrected chi connectivity index (χ2v) is 6.84. The smallest absolute Gasteiger partial charge is 0.149 e. The Balaban J connectivity index is 1.63. The summed E-state index contributed by atoms with van der Waals surface area (Å²) in [6.07, 6.45) is -0.459. The lowest BCUT2D eigenvalue weighted by molar-refractivity contribution is 0.247. The van der Waals surface area contributed by atoms with Gasteiger partial charge in [0.05, 0.1) is 0 Å². The van der Waals surface area contributed by atoms with Crippen molar-refractivity contribution in [2.24, 2.45) is 0 Å². The standard InChI is InChI=1S/C23H22F2N2O/c24-19-8-4-17(5-9-19)23(18-6-10-20(25)11-7-18)28-22-3-1-2-21(16-22)27-14-12-26-13-15-27/h1-11,16,23,26H,12-15H2. The third-order valence-corrected chi connectivity index (χ3v) is 4.90. The summed E-state index contributed by atoms with van der Waals surface area (Å²) in [5.74, 6) is 0.110. The molecular formula is C23H22F2N2O. The van der Waals surface area contributed by atoms with E-state index in [0.29, 0.717) is 0 Å². The number of ether oxygens (including phenoxy) is 1.